The molecule has 0 amide bonds. The van der Waals surface area contributed by atoms with Crippen LogP contribution in [0.4, 0.5) is 0 Å². The Kier molecular flexibility index (Phi) is 5.08. The molecule has 1 aliphatic rings. The molecule has 2 aromatic carbocycles. The summed E-state index contributed by atoms with van der Waals surface area (Å²) in [6.07, 6.45) is 4.93. The topological polar surface area (TPSA) is 40.5 Å². The van der Waals surface area contributed by atoms with Crippen LogP contribution in [-0.4, -0.2) is 10.2 Å². The number of benzene rings is 2. The molecular weight excluding hydrogens is 248 g/mol. The SMILES string of the molecule is C1#CCCCC1.Oc1cccc(-c2ccccc2)c1O. The van der Waals surface area contributed by atoms with E-state index in [0.29, 0.717) is 5.56 Å². The highest BCUT2D eigenvalue weighted by Crippen LogP contribution is 2.35. The van der Waals surface area contributed by atoms with Crippen LogP contribution in [-0.2, 0) is 0 Å². The summed E-state index contributed by atoms with van der Waals surface area (Å²) in [5, 5.41) is 18.9. The quantitative estimate of drug-likeness (QED) is 0.596. The van der Waals surface area contributed by atoms with Crippen LogP contribution in [0.25, 0.3) is 11.1 Å². The predicted octanol–water partition coefficient (Wildman–Crippen LogP) is 4.33. The van der Waals surface area contributed by atoms with Gasteiger partial charge in [0.15, 0.2) is 11.5 Å². The fourth-order valence-corrected chi connectivity index (χ4v) is 1.99. The minimum absolute atomic E-state index is 0.0706. The highest BCUT2D eigenvalue weighted by molar-refractivity contribution is 5.72. The first kappa shape index (κ1) is 14.0. The Morgan fingerprint density at radius 3 is 1.95 bits per heavy atom. The zero-order valence-electron chi connectivity index (χ0n) is 11.3. The first-order valence-corrected chi connectivity index (χ1v) is 6.81. The van der Waals surface area contributed by atoms with E-state index < -0.39 is 0 Å². The lowest BCUT2D eigenvalue weighted by molar-refractivity contribution is 0.405. The molecule has 0 spiro atoms. The molecule has 0 aromatic heterocycles. The average molecular weight is 266 g/mol. The molecule has 1 aliphatic carbocycles. The molecule has 2 aromatic rings. The molecule has 102 valence electrons. The van der Waals surface area contributed by atoms with Crippen molar-refractivity contribution in [3.8, 4) is 34.5 Å². The highest BCUT2D eigenvalue weighted by Gasteiger charge is 2.06. The second kappa shape index (κ2) is 7.25. The van der Waals surface area contributed by atoms with Gasteiger partial charge >= 0.3 is 0 Å². The number of aromatic hydroxyl groups is 2. The lowest BCUT2D eigenvalue weighted by Gasteiger charge is -2.05. The van der Waals surface area contributed by atoms with Crippen molar-refractivity contribution in [3.05, 3.63) is 48.5 Å². The molecule has 3 rings (SSSR count). The number of phenolic OH excluding ortho intramolecular Hbond substituents is 2. The third-order valence-electron chi connectivity index (χ3n) is 3.08. The van der Waals surface area contributed by atoms with E-state index in [0.717, 1.165) is 18.4 Å². The average Bonchev–Trinajstić information content (AvgIpc) is 2.53. The molecule has 0 aliphatic heterocycles. The summed E-state index contributed by atoms with van der Waals surface area (Å²) < 4.78 is 0. The Bertz CT molecular complexity index is 596. The summed E-state index contributed by atoms with van der Waals surface area (Å²) in [4.78, 5) is 0. The van der Waals surface area contributed by atoms with Crippen molar-refractivity contribution in [1.29, 1.82) is 0 Å². The molecule has 0 heterocycles. The van der Waals surface area contributed by atoms with Gasteiger partial charge in [-0.05, 0) is 24.5 Å². The summed E-state index contributed by atoms with van der Waals surface area (Å²) >= 11 is 0. The molecule has 0 bridgehead atoms. The maximum Gasteiger partial charge on any atom is 0.165 e. The molecule has 20 heavy (non-hydrogen) atoms. The third-order valence-corrected chi connectivity index (χ3v) is 3.08. The molecule has 0 saturated carbocycles. The van der Waals surface area contributed by atoms with Gasteiger partial charge in [-0.25, -0.2) is 0 Å². The Labute approximate surface area is 119 Å². The largest absolute Gasteiger partial charge is 0.504 e. The van der Waals surface area contributed by atoms with Gasteiger partial charge in [-0.1, -0.05) is 42.5 Å². The van der Waals surface area contributed by atoms with Gasteiger partial charge in [0.2, 0.25) is 0 Å². The van der Waals surface area contributed by atoms with Crippen molar-refractivity contribution in [1.82, 2.24) is 0 Å². The molecule has 0 fully saturated rings. The van der Waals surface area contributed by atoms with Crippen molar-refractivity contribution < 1.29 is 10.2 Å². The van der Waals surface area contributed by atoms with E-state index >= 15 is 0 Å². The zero-order valence-corrected chi connectivity index (χ0v) is 11.3. The number of phenols is 2. The van der Waals surface area contributed by atoms with E-state index in [1.165, 1.54) is 18.9 Å². The van der Waals surface area contributed by atoms with Crippen molar-refractivity contribution in [3.63, 3.8) is 0 Å². The summed E-state index contributed by atoms with van der Waals surface area (Å²) in [6.45, 7) is 0. The van der Waals surface area contributed by atoms with Crippen molar-refractivity contribution in [2.75, 3.05) is 0 Å². The maximum atomic E-state index is 9.60. The Hall–Kier alpha value is -2.40. The lowest BCUT2D eigenvalue weighted by Crippen LogP contribution is -1.78. The highest BCUT2D eigenvalue weighted by atomic mass is 16.3. The lowest BCUT2D eigenvalue weighted by atomic mass is 10.0. The van der Waals surface area contributed by atoms with Gasteiger partial charge in [0, 0.05) is 18.4 Å². The Morgan fingerprint density at radius 1 is 0.750 bits per heavy atom. The first-order chi connectivity index (χ1) is 9.79. The van der Waals surface area contributed by atoms with E-state index in [1.807, 2.05) is 30.3 Å². The number of para-hydroxylation sites is 1. The molecule has 2 N–H and O–H groups in total. The van der Waals surface area contributed by atoms with Crippen molar-refractivity contribution >= 4 is 0 Å². The smallest absolute Gasteiger partial charge is 0.165 e. The van der Waals surface area contributed by atoms with Gasteiger partial charge in [0.1, 0.15) is 0 Å². The van der Waals surface area contributed by atoms with E-state index in [1.54, 1.807) is 12.1 Å². The molecule has 0 saturated heterocycles. The normalized spacial score (nSPS) is 12.6. The molecule has 2 nitrogen and oxygen atoms in total. The van der Waals surface area contributed by atoms with Gasteiger partial charge in [0.25, 0.3) is 0 Å². The minimum atomic E-state index is -0.0913. The van der Waals surface area contributed by atoms with Crippen LogP contribution in [0.5, 0.6) is 11.5 Å². The van der Waals surface area contributed by atoms with Gasteiger partial charge in [0.05, 0.1) is 0 Å². The minimum Gasteiger partial charge on any atom is -0.504 e. The standard InChI is InChI=1S/C12H10O2.C6H8/c13-11-8-4-7-10(12(11)14)9-5-2-1-3-6-9;1-2-4-6-5-3-1/h1-8,13-14H;1-4H2. The van der Waals surface area contributed by atoms with Gasteiger partial charge in [-0.2, -0.15) is 0 Å². The third kappa shape index (κ3) is 3.80. The van der Waals surface area contributed by atoms with Gasteiger partial charge < -0.3 is 10.2 Å². The van der Waals surface area contributed by atoms with E-state index in [-0.39, 0.29) is 11.5 Å². The summed E-state index contributed by atoms with van der Waals surface area (Å²) in [6, 6.07) is 14.4. The molecular formula is C18H18O2. The summed E-state index contributed by atoms with van der Waals surface area (Å²) in [7, 11) is 0. The van der Waals surface area contributed by atoms with Crippen molar-refractivity contribution in [2.45, 2.75) is 25.7 Å². The second-order valence-electron chi connectivity index (χ2n) is 4.60. The molecule has 0 radical (unpaired) electrons. The van der Waals surface area contributed by atoms with E-state index in [4.69, 9.17) is 0 Å². The van der Waals surface area contributed by atoms with Crippen molar-refractivity contribution in [2.24, 2.45) is 0 Å². The Morgan fingerprint density at radius 2 is 1.40 bits per heavy atom. The number of hydrogen-bond donors (Lipinski definition) is 2. The van der Waals surface area contributed by atoms with Crippen LogP contribution in [0, 0.1) is 11.8 Å². The number of rotatable bonds is 1. The first-order valence-electron chi connectivity index (χ1n) is 6.81. The summed E-state index contributed by atoms with van der Waals surface area (Å²) in [5.41, 5.74) is 1.53. The Balaban J connectivity index is 0.000000205. The molecule has 2 heteroatoms. The second-order valence-corrected chi connectivity index (χ2v) is 4.60. The van der Waals surface area contributed by atoms with Crippen LogP contribution < -0.4 is 0 Å². The molecule has 0 unspecified atom stereocenters. The van der Waals surface area contributed by atoms with Crippen LogP contribution in [0.15, 0.2) is 48.5 Å². The predicted molar refractivity (Wildman–Crippen MR) is 81.5 cm³/mol. The maximum absolute atomic E-state index is 9.60. The number of hydrogen-bond acceptors (Lipinski definition) is 2. The van der Waals surface area contributed by atoms with Crippen LogP contribution in [0.2, 0.25) is 0 Å². The van der Waals surface area contributed by atoms with Crippen LogP contribution >= 0.6 is 0 Å². The fraction of sp³-hybridized carbons (Fsp3) is 0.222. The van der Waals surface area contributed by atoms with E-state index in [9.17, 15) is 10.2 Å². The van der Waals surface area contributed by atoms with Crippen LogP contribution in [0.3, 0.4) is 0 Å². The molecule has 0 atom stereocenters. The van der Waals surface area contributed by atoms with Gasteiger partial charge in [-0.15, -0.1) is 11.8 Å². The van der Waals surface area contributed by atoms with Gasteiger partial charge in [-0.3, -0.25) is 0 Å². The monoisotopic (exact) mass is 266 g/mol. The fourth-order valence-electron chi connectivity index (χ4n) is 1.99. The van der Waals surface area contributed by atoms with E-state index in [2.05, 4.69) is 11.8 Å². The van der Waals surface area contributed by atoms with Crippen LogP contribution in [0.1, 0.15) is 25.7 Å². The zero-order chi connectivity index (χ0) is 14.2. The summed E-state index contributed by atoms with van der Waals surface area (Å²) in [5.74, 6) is 5.91.